The molecular weight excluding hydrogens is 392 g/mol. The van der Waals surface area contributed by atoms with E-state index in [-0.39, 0.29) is 18.1 Å². The predicted molar refractivity (Wildman–Crippen MR) is 114 cm³/mol. The molecule has 0 atom stereocenters. The fourth-order valence-electron chi connectivity index (χ4n) is 3.73. The molecule has 0 bridgehead atoms. The molecule has 6 nitrogen and oxygen atoms in total. The third-order valence-corrected chi connectivity index (χ3v) is 5.83. The number of carbonyl (C=O) groups excluding carboxylic acids is 1. The molecule has 29 heavy (non-hydrogen) atoms. The number of aliphatic hydroxyl groups is 1. The van der Waals surface area contributed by atoms with E-state index in [1.807, 2.05) is 24.3 Å². The number of nitrogens with one attached hydrogen (secondary N) is 1. The van der Waals surface area contributed by atoms with Crippen LogP contribution in [0.2, 0.25) is 5.02 Å². The molecule has 1 heterocycles. The number of hydrogen-bond donors (Lipinski definition) is 2. The van der Waals surface area contributed by atoms with Crippen LogP contribution in [0.4, 0.5) is 10.5 Å². The maximum Gasteiger partial charge on any atom is 0.321 e. The second kappa shape index (κ2) is 9.37. The fourth-order valence-corrected chi connectivity index (χ4v) is 3.85. The van der Waals surface area contributed by atoms with Crippen LogP contribution >= 0.6 is 11.6 Å². The molecule has 3 rings (SSSR count). The van der Waals surface area contributed by atoms with Gasteiger partial charge >= 0.3 is 6.03 Å². The number of anilines is 1. The maximum atomic E-state index is 12.7. The molecular formula is C22H27ClN2O4. The van der Waals surface area contributed by atoms with Crippen LogP contribution in [0.25, 0.3) is 0 Å². The second-order valence-electron chi connectivity index (χ2n) is 7.45. The molecule has 0 spiro atoms. The lowest BCUT2D eigenvalue weighted by Gasteiger charge is -2.41. The Morgan fingerprint density at radius 2 is 1.76 bits per heavy atom. The van der Waals surface area contributed by atoms with E-state index in [1.165, 1.54) is 0 Å². The van der Waals surface area contributed by atoms with Crippen LogP contribution in [0.5, 0.6) is 11.5 Å². The number of benzene rings is 2. The smallest absolute Gasteiger partial charge is 0.321 e. The van der Waals surface area contributed by atoms with E-state index in [0.29, 0.717) is 35.3 Å². The van der Waals surface area contributed by atoms with Gasteiger partial charge in [-0.15, -0.1) is 0 Å². The topological polar surface area (TPSA) is 71.0 Å². The van der Waals surface area contributed by atoms with Crippen LogP contribution in [0, 0.1) is 5.41 Å². The molecule has 0 radical (unpaired) electrons. The second-order valence-corrected chi connectivity index (χ2v) is 7.88. The van der Waals surface area contributed by atoms with Crippen molar-refractivity contribution in [1.29, 1.82) is 0 Å². The largest absolute Gasteiger partial charge is 0.493 e. The lowest BCUT2D eigenvalue weighted by Crippen LogP contribution is -2.47. The Balaban J connectivity index is 1.60. The first-order valence-electron chi connectivity index (χ1n) is 9.62. The first-order valence-corrected chi connectivity index (χ1v) is 10.00. The molecule has 1 fully saturated rings. The minimum atomic E-state index is -0.214. The molecule has 2 aromatic rings. The van der Waals surface area contributed by atoms with Gasteiger partial charge in [0.05, 0.1) is 14.2 Å². The Labute approximate surface area is 176 Å². The first-order chi connectivity index (χ1) is 14.0. The van der Waals surface area contributed by atoms with E-state index < -0.39 is 0 Å². The van der Waals surface area contributed by atoms with E-state index in [2.05, 4.69) is 5.32 Å². The van der Waals surface area contributed by atoms with Crippen molar-refractivity contribution in [3.63, 3.8) is 0 Å². The SMILES string of the molecule is COc1ccc(NC(=O)N2CCC(CO)(Cc3ccc(Cl)cc3)CC2)cc1OC. The van der Waals surface area contributed by atoms with Gasteiger partial charge in [0.25, 0.3) is 0 Å². The number of likely N-dealkylation sites (tertiary alicyclic amines) is 1. The van der Waals surface area contributed by atoms with E-state index in [0.717, 1.165) is 24.8 Å². The van der Waals surface area contributed by atoms with Gasteiger partial charge in [0.1, 0.15) is 0 Å². The van der Waals surface area contributed by atoms with E-state index in [1.54, 1.807) is 37.3 Å². The normalized spacial score (nSPS) is 15.7. The predicted octanol–water partition coefficient (Wildman–Crippen LogP) is 4.21. The molecule has 2 aromatic carbocycles. The third-order valence-electron chi connectivity index (χ3n) is 5.57. The van der Waals surface area contributed by atoms with Gasteiger partial charge in [-0.2, -0.15) is 0 Å². The Morgan fingerprint density at radius 1 is 1.10 bits per heavy atom. The van der Waals surface area contributed by atoms with Crippen molar-refractivity contribution in [3.05, 3.63) is 53.1 Å². The molecule has 1 aliphatic heterocycles. The molecule has 2 amide bonds. The van der Waals surface area contributed by atoms with E-state index >= 15 is 0 Å². The number of carbonyl (C=O) groups is 1. The monoisotopic (exact) mass is 418 g/mol. The van der Waals surface area contributed by atoms with Crippen LogP contribution in [0.3, 0.4) is 0 Å². The maximum absolute atomic E-state index is 12.7. The van der Waals surface area contributed by atoms with Gasteiger partial charge in [0.15, 0.2) is 11.5 Å². The lowest BCUT2D eigenvalue weighted by molar-refractivity contribution is 0.0575. The van der Waals surface area contributed by atoms with Crippen molar-refractivity contribution in [1.82, 2.24) is 4.90 Å². The lowest BCUT2D eigenvalue weighted by atomic mass is 9.74. The third kappa shape index (κ3) is 5.14. The van der Waals surface area contributed by atoms with Gasteiger partial charge in [0, 0.05) is 41.9 Å². The summed E-state index contributed by atoms with van der Waals surface area (Å²) in [6.45, 7) is 1.28. The molecule has 1 saturated heterocycles. The molecule has 1 aliphatic rings. The van der Waals surface area contributed by atoms with Crippen molar-refractivity contribution in [2.75, 3.05) is 39.2 Å². The minimum Gasteiger partial charge on any atom is -0.493 e. The van der Waals surface area contributed by atoms with E-state index in [9.17, 15) is 9.90 Å². The summed E-state index contributed by atoms with van der Waals surface area (Å²) in [5.74, 6) is 1.17. The highest BCUT2D eigenvalue weighted by atomic mass is 35.5. The number of rotatable bonds is 6. The van der Waals surface area contributed by atoms with Crippen molar-refractivity contribution >= 4 is 23.3 Å². The van der Waals surface area contributed by atoms with Gasteiger partial charge in [-0.3, -0.25) is 0 Å². The summed E-state index contributed by atoms with van der Waals surface area (Å²) in [6, 6.07) is 12.8. The summed E-state index contributed by atoms with van der Waals surface area (Å²) in [6.07, 6.45) is 2.25. The first kappa shape index (κ1) is 21.3. The van der Waals surface area contributed by atoms with Gasteiger partial charge in [-0.05, 0) is 49.1 Å². The van der Waals surface area contributed by atoms with Gasteiger partial charge < -0.3 is 24.8 Å². The fraction of sp³-hybridized carbons (Fsp3) is 0.409. The van der Waals surface area contributed by atoms with Crippen molar-refractivity contribution in [2.45, 2.75) is 19.3 Å². The Hall–Kier alpha value is -2.44. The molecule has 156 valence electrons. The zero-order valence-corrected chi connectivity index (χ0v) is 17.5. The van der Waals surface area contributed by atoms with Crippen LogP contribution < -0.4 is 14.8 Å². The number of ether oxygens (including phenoxy) is 2. The molecule has 2 N–H and O–H groups in total. The number of nitrogens with zero attached hydrogens (tertiary/aromatic N) is 1. The van der Waals surface area contributed by atoms with Gasteiger partial charge in [-0.25, -0.2) is 4.79 Å². The van der Waals surface area contributed by atoms with Gasteiger partial charge in [0.2, 0.25) is 0 Å². The molecule has 7 heteroatoms. The van der Waals surface area contributed by atoms with Crippen LogP contribution in [0.1, 0.15) is 18.4 Å². The summed E-state index contributed by atoms with van der Waals surface area (Å²) >= 11 is 5.96. The number of piperidine rings is 1. The van der Waals surface area contributed by atoms with Crippen LogP contribution in [-0.4, -0.2) is 50.0 Å². The molecule has 0 saturated carbocycles. The summed E-state index contributed by atoms with van der Waals surface area (Å²) in [5.41, 5.74) is 1.58. The van der Waals surface area contributed by atoms with Crippen LogP contribution in [-0.2, 0) is 6.42 Å². The molecule has 0 unspecified atom stereocenters. The highest BCUT2D eigenvalue weighted by Gasteiger charge is 2.35. The number of amides is 2. The Kier molecular flexibility index (Phi) is 6.87. The highest BCUT2D eigenvalue weighted by molar-refractivity contribution is 6.30. The van der Waals surface area contributed by atoms with Crippen molar-refractivity contribution in [3.8, 4) is 11.5 Å². The summed E-state index contributed by atoms with van der Waals surface area (Å²) in [5, 5.41) is 13.7. The zero-order valence-electron chi connectivity index (χ0n) is 16.8. The van der Waals surface area contributed by atoms with E-state index in [4.69, 9.17) is 21.1 Å². The van der Waals surface area contributed by atoms with Gasteiger partial charge in [-0.1, -0.05) is 23.7 Å². The Bertz CT molecular complexity index is 833. The summed E-state index contributed by atoms with van der Waals surface area (Å²) in [4.78, 5) is 14.5. The van der Waals surface area contributed by atoms with Crippen LogP contribution in [0.15, 0.2) is 42.5 Å². The van der Waals surface area contributed by atoms with Crippen molar-refractivity contribution in [2.24, 2.45) is 5.41 Å². The van der Waals surface area contributed by atoms with Crippen molar-refractivity contribution < 1.29 is 19.4 Å². The average molecular weight is 419 g/mol. The number of halogens is 1. The molecule has 0 aromatic heterocycles. The Morgan fingerprint density at radius 3 is 2.34 bits per heavy atom. The number of aliphatic hydroxyl groups excluding tert-OH is 1. The number of methoxy groups -OCH3 is 2. The standard InChI is InChI=1S/C22H27ClN2O4/c1-28-19-8-7-18(13-20(19)29-2)24-21(27)25-11-9-22(15-26,10-12-25)14-16-3-5-17(23)6-4-16/h3-8,13,26H,9-12,14-15H2,1-2H3,(H,24,27). The molecule has 0 aliphatic carbocycles. The highest BCUT2D eigenvalue weighted by Crippen LogP contribution is 2.35. The minimum absolute atomic E-state index is 0.0980. The zero-order chi connectivity index (χ0) is 20.9. The number of urea groups is 1. The summed E-state index contributed by atoms with van der Waals surface area (Å²) < 4.78 is 10.5. The number of hydrogen-bond acceptors (Lipinski definition) is 4. The summed E-state index contributed by atoms with van der Waals surface area (Å²) in [7, 11) is 3.13. The quantitative estimate of drug-likeness (QED) is 0.737. The average Bonchev–Trinajstić information content (AvgIpc) is 2.75.